The van der Waals surface area contributed by atoms with Crippen molar-refractivity contribution < 1.29 is 9.47 Å². The minimum Gasteiger partial charge on any atom is -0.497 e. The van der Waals surface area contributed by atoms with Crippen LogP contribution < -0.4 is 10.5 Å². The molecule has 6 heteroatoms. The van der Waals surface area contributed by atoms with E-state index < -0.39 is 0 Å². The van der Waals surface area contributed by atoms with Crippen molar-refractivity contribution in [3.8, 4) is 5.75 Å². The Hall–Kier alpha value is -0.690. The van der Waals surface area contributed by atoms with Gasteiger partial charge in [0.2, 0.25) is 0 Å². The number of halogens is 1. The fraction of sp³-hybridized carbons (Fsp3) is 0.500. The van der Waals surface area contributed by atoms with E-state index in [9.17, 15) is 0 Å². The summed E-state index contributed by atoms with van der Waals surface area (Å²) in [7, 11) is 3.37. The molecule has 0 aromatic heterocycles. The summed E-state index contributed by atoms with van der Waals surface area (Å²) in [4.78, 5) is 2.81. The van der Waals surface area contributed by atoms with Gasteiger partial charge in [-0.3, -0.25) is 4.90 Å². The van der Waals surface area contributed by atoms with Crippen LogP contribution in [0.25, 0.3) is 0 Å². The highest BCUT2D eigenvalue weighted by Crippen LogP contribution is 2.23. The first-order valence-electron chi connectivity index (χ1n) is 6.38. The van der Waals surface area contributed by atoms with Gasteiger partial charge in [0, 0.05) is 37.6 Å². The van der Waals surface area contributed by atoms with Gasteiger partial charge in [-0.2, -0.15) is 0 Å². The van der Waals surface area contributed by atoms with Crippen LogP contribution in [0.3, 0.4) is 0 Å². The van der Waals surface area contributed by atoms with Crippen LogP contribution in [0.4, 0.5) is 0 Å². The summed E-state index contributed by atoms with van der Waals surface area (Å²) in [5.74, 6) is 0.851. The zero-order valence-corrected chi connectivity index (χ0v) is 14.3. The molecule has 1 rings (SSSR count). The van der Waals surface area contributed by atoms with E-state index in [0.717, 1.165) is 29.9 Å². The van der Waals surface area contributed by atoms with Crippen molar-refractivity contribution in [3.63, 3.8) is 0 Å². The molecule has 1 aromatic carbocycles. The van der Waals surface area contributed by atoms with Gasteiger partial charge >= 0.3 is 0 Å². The third-order valence-electron chi connectivity index (χ3n) is 2.93. The summed E-state index contributed by atoms with van der Waals surface area (Å²) in [5, 5.41) is 0. The second-order valence-corrected chi connectivity index (χ2v) is 5.82. The quantitative estimate of drug-likeness (QED) is 0.685. The number of hydrogen-bond donors (Lipinski definition) is 1. The van der Waals surface area contributed by atoms with E-state index in [2.05, 4.69) is 20.8 Å². The molecule has 0 aliphatic carbocycles. The number of benzene rings is 1. The van der Waals surface area contributed by atoms with Gasteiger partial charge in [-0.25, -0.2) is 0 Å². The second kappa shape index (κ2) is 9.28. The van der Waals surface area contributed by atoms with E-state index in [-0.39, 0.29) is 0 Å². The van der Waals surface area contributed by atoms with Crippen LogP contribution in [-0.2, 0) is 11.3 Å². The summed E-state index contributed by atoms with van der Waals surface area (Å²) in [6.45, 7) is 3.13. The highest BCUT2D eigenvalue weighted by Gasteiger charge is 2.10. The monoisotopic (exact) mass is 360 g/mol. The van der Waals surface area contributed by atoms with Crippen LogP contribution in [-0.4, -0.2) is 43.8 Å². The lowest BCUT2D eigenvalue weighted by Crippen LogP contribution is -2.30. The molecule has 0 fully saturated rings. The Morgan fingerprint density at radius 1 is 1.35 bits per heavy atom. The molecule has 0 aliphatic heterocycles. The Morgan fingerprint density at radius 2 is 2.10 bits per heavy atom. The lowest BCUT2D eigenvalue weighted by atomic mass is 10.2. The Morgan fingerprint density at radius 3 is 2.70 bits per heavy atom. The summed E-state index contributed by atoms with van der Waals surface area (Å²) >= 11 is 8.52. The van der Waals surface area contributed by atoms with E-state index in [4.69, 9.17) is 27.4 Å². The van der Waals surface area contributed by atoms with Crippen molar-refractivity contribution in [3.05, 3.63) is 28.2 Å². The van der Waals surface area contributed by atoms with Crippen LogP contribution >= 0.6 is 28.1 Å². The first kappa shape index (κ1) is 17.4. The molecule has 0 bridgehead atoms. The molecule has 0 spiro atoms. The topological polar surface area (TPSA) is 47.7 Å². The fourth-order valence-electron chi connectivity index (χ4n) is 1.80. The maximum Gasteiger partial charge on any atom is 0.119 e. The van der Waals surface area contributed by atoms with Gasteiger partial charge in [-0.05, 0) is 23.8 Å². The molecule has 0 heterocycles. The molecule has 20 heavy (non-hydrogen) atoms. The van der Waals surface area contributed by atoms with E-state index >= 15 is 0 Å². The molecular weight excluding hydrogens is 340 g/mol. The average Bonchev–Trinajstić information content (AvgIpc) is 2.43. The van der Waals surface area contributed by atoms with E-state index in [1.807, 2.05) is 18.2 Å². The van der Waals surface area contributed by atoms with Crippen molar-refractivity contribution >= 4 is 33.1 Å². The smallest absolute Gasteiger partial charge is 0.119 e. The number of nitrogens with two attached hydrogens (primary N) is 1. The molecule has 0 saturated carbocycles. The number of methoxy groups -OCH3 is 2. The SMILES string of the molecule is COCCN(CCC(N)=S)Cc1cc(OC)ccc1Br. The number of ether oxygens (including phenoxy) is 2. The van der Waals surface area contributed by atoms with E-state index in [0.29, 0.717) is 18.0 Å². The van der Waals surface area contributed by atoms with Gasteiger partial charge in [0.25, 0.3) is 0 Å². The predicted octanol–water partition coefficient (Wildman–Crippen LogP) is 2.58. The third-order valence-corrected chi connectivity index (χ3v) is 3.91. The average molecular weight is 361 g/mol. The van der Waals surface area contributed by atoms with Crippen LogP contribution in [0.15, 0.2) is 22.7 Å². The Bertz CT molecular complexity index is 443. The molecule has 0 amide bonds. The Labute approximate surface area is 134 Å². The molecule has 0 radical (unpaired) electrons. The molecule has 1 aromatic rings. The summed E-state index contributed by atoms with van der Waals surface area (Å²) < 4.78 is 11.5. The fourth-order valence-corrected chi connectivity index (χ4v) is 2.26. The first-order valence-corrected chi connectivity index (χ1v) is 7.59. The van der Waals surface area contributed by atoms with Crippen molar-refractivity contribution in [1.82, 2.24) is 4.90 Å². The van der Waals surface area contributed by atoms with Crippen LogP contribution in [0, 0.1) is 0 Å². The van der Waals surface area contributed by atoms with Crippen LogP contribution in [0.1, 0.15) is 12.0 Å². The molecule has 0 aliphatic rings. The largest absolute Gasteiger partial charge is 0.497 e. The minimum absolute atomic E-state index is 0.539. The third kappa shape index (κ3) is 6.17. The van der Waals surface area contributed by atoms with E-state index in [1.165, 1.54) is 5.56 Å². The van der Waals surface area contributed by atoms with Crippen molar-refractivity contribution in [2.75, 3.05) is 33.9 Å². The van der Waals surface area contributed by atoms with Gasteiger partial charge in [0.1, 0.15) is 5.75 Å². The molecule has 0 unspecified atom stereocenters. The van der Waals surface area contributed by atoms with Crippen molar-refractivity contribution in [1.29, 1.82) is 0 Å². The predicted molar refractivity (Wildman–Crippen MR) is 89.2 cm³/mol. The standard InChI is InChI=1S/C14H21BrN2O2S/c1-18-8-7-17(6-5-14(16)20)10-11-9-12(19-2)3-4-13(11)15/h3-4,9H,5-8,10H2,1-2H3,(H2,16,20). The maximum absolute atomic E-state index is 5.58. The molecule has 4 nitrogen and oxygen atoms in total. The van der Waals surface area contributed by atoms with E-state index in [1.54, 1.807) is 14.2 Å². The molecular formula is C14H21BrN2O2S. The van der Waals surface area contributed by atoms with Crippen LogP contribution in [0.5, 0.6) is 5.75 Å². The van der Waals surface area contributed by atoms with Crippen molar-refractivity contribution in [2.45, 2.75) is 13.0 Å². The number of rotatable bonds is 9. The van der Waals surface area contributed by atoms with Crippen molar-refractivity contribution in [2.24, 2.45) is 5.73 Å². The maximum atomic E-state index is 5.58. The summed E-state index contributed by atoms with van der Waals surface area (Å²) in [6, 6.07) is 5.96. The molecule has 2 N–H and O–H groups in total. The zero-order chi connectivity index (χ0) is 15.0. The Balaban J connectivity index is 2.73. The normalized spacial score (nSPS) is 10.8. The van der Waals surface area contributed by atoms with Gasteiger partial charge in [0.15, 0.2) is 0 Å². The second-order valence-electron chi connectivity index (χ2n) is 4.44. The van der Waals surface area contributed by atoms with Gasteiger partial charge in [-0.1, -0.05) is 28.1 Å². The number of nitrogens with zero attached hydrogens (tertiary/aromatic N) is 1. The summed E-state index contributed by atoms with van der Waals surface area (Å²) in [6.07, 6.45) is 0.709. The number of hydrogen-bond acceptors (Lipinski definition) is 4. The zero-order valence-electron chi connectivity index (χ0n) is 11.9. The highest BCUT2D eigenvalue weighted by atomic mass is 79.9. The first-order chi connectivity index (χ1) is 9.56. The molecule has 0 atom stereocenters. The molecule has 112 valence electrons. The lowest BCUT2D eigenvalue weighted by molar-refractivity contribution is 0.145. The molecule has 0 saturated heterocycles. The van der Waals surface area contributed by atoms with Gasteiger partial charge < -0.3 is 15.2 Å². The Kier molecular flexibility index (Phi) is 8.06. The van der Waals surface area contributed by atoms with Crippen LogP contribution in [0.2, 0.25) is 0 Å². The highest BCUT2D eigenvalue weighted by molar-refractivity contribution is 9.10. The minimum atomic E-state index is 0.539. The van der Waals surface area contributed by atoms with Gasteiger partial charge in [-0.15, -0.1) is 0 Å². The van der Waals surface area contributed by atoms with Gasteiger partial charge in [0.05, 0.1) is 18.7 Å². The number of thiocarbonyl (C=S) groups is 1. The lowest BCUT2D eigenvalue weighted by Gasteiger charge is -2.22. The summed E-state index contributed by atoms with van der Waals surface area (Å²) in [5.41, 5.74) is 6.75.